The van der Waals surface area contributed by atoms with E-state index < -0.39 is 33.7 Å². The maximum absolute atomic E-state index is 14.1. The molecule has 0 saturated carbocycles. The minimum atomic E-state index is -3.47. The number of rotatable bonds is 4. The van der Waals surface area contributed by atoms with Gasteiger partial charge in [-0.25, -0.2) is 26.5 Å². The van der Waals surface area contributed by atoms with Crippen LogP contribution in [-0.2, 0) is 10.0 Å². The van der Waals surface area contributed by atoms with Crippen molar-refractivity contribution in [1.82, 2.24) is 9.29 Å². The van der Waals surface area contributed by atoms with E-state index in [9.17, 15) is 22.3 Å². The lowest BCUT2D eigenvalue weighted by Crippen LogP contribution is -2.33. The third-order valence-electron chi connectivity index (χ3n) is 4.67. The summed E-state index contributed by atoms with van der Waals surface area (Å²) in [6.45, 7) is 2.15. The number of aryl methyl sites for hydroxylation is 1. The van der Waals surface area contributed by atoms with E-state index in [2.05, 4.69) is 4.98 Å². The van der Waals surface area contributed by atoms with Crippen molar-refractivity contribution in [2.24, 2.45) is 5.92 Å². The van der Waals surface area contributed by atoms with E-state index >= 15 is 0 Å². The highest BCUT2D eigenvalue weighted by molar-refractivity contribution is 7.89. The average molecular weight is 385 g/mol. The molecular weight excluding hydrogens is 364 g/mol. The Morgan fingerprint density at radius 1 is 1.27 bits per heavy atom. The van der Waals surface area contributed by atoms with Gasteiger partial charge in [-0.15, -0.1) is 0 Å². The zero-order valence-corrected chi connectivity index (χ0v) is 15.6. The predicted octanol–water partition coefficient (Wildman–Crippen LogP) is 1.51. The molecule has 6 nitrogen and oxygen atoms in total. The number of anilines is 1. The number of aromatic nitrogens is 1. The third-order valence-corrected chi connectivity index (χ3v) is 6.63. The predicted molar refractivity (Wildman–Crippen MR) is 95.6 cm³/mol. The fraction of sp³-hybridized carbons (Fsp3) is 0.471. The number of nitrogens with zero attached hydrogens (tertiary/aromatic N) is 3. The van der Waals surface area contributed by atoms with Gasteiger partial charge in [-0.3, -0.25) is 0 Å². The van der Waals surface area contributed by atoms with Crippen LogP contribution in [0.5, 0.6) is 0 Å². The fourth-order valence-electron chi connectivity index (χ4n) is 3.25. The van der Waals surface area contributed by atoms with Gasteiger partial charge < -0.3 is 10.0 Å². The largest absolute Gasteiger partial charge is 0.391 e. The topological polar surface area (TPSA) is 73.7 Å². The summed E-state index contributed by atoms with van der Waals surface area (Å²) in [5.41, 5.74) is 1.15. The highest BCUT2D eigenvalue weighted by Crippen LogP contribution is 2.33. The van der Waals surface area contributed by atoms with Crippen molar-refractivity contribution >= 4 is 26.6 Å². The van der Waals surface area contributed by atoms with Crippen LogP contribution in [-0.4, -0.2) is 61.9 Å². The summed E-state index contributed by atoms with van der Waals surface area (Å²) in [5, 5.41) is 10.6. The first-order chi connectivity index (χ1) is 12.1. The first-order valence-electron chi connectivity index (χ1n) is 8.18. The van der Waals surface area contributed by atoms with Crippen LogP contribution in [0.3, 0.4) is 0 Å². The number of aliphatic hydroxyl groups is 1. The lowest BCUT2D eigenvalue weighted by molar-refractivity contribution is 0.157. The molecule has 1 aromatic carbocycles. The highest BCUT2D eigenvalue weighted by atomic mass is 32.2. The number of hydrogen-bond acceptors (Lipinski definition) is 5. The first kappa shape index (κ1) is 18.9. The van der Waals surface area contributed by atoms with Crippen molar-refractivity contribution in [2.75, 3.05) is 37.8 Å². The SMILES string of the molecule is Cc1cc(N2C[C@@H](CS(=O)(=O)N(C)C)[C@H](O)C2)c2cc(F)cc(F)c2n1. The van der Waals surface area contributed by atoms with E-state index in [0.29, 0.717) is 16.8 Å². The van der Waals surface area contributed by atoms with E-state index in [1.807, 2.05) is 0 Å². The zero-order chi connectivity index (χ0) is 19.2. The lowest BCUT2D eigenvalue weighted by atomic mass is 10.1. The van der Waals surface area contributed by atoms with Crippen molar-refractivity contribution in [3.8, 4) is 0 Å². The van der Waals surface area contributed by atoms with Gasteiger partial charge in [0.15, 0.2) is 5.82 Å². The Kier molecular flexibility index (Phi) is 4.89. The fourth-order valence-corrected chi connectivity index (χ4v) is 4.42. The van der Waals surface area contributed by atoms with Crippen LogP contribution in [0.2, 0.25) is 0 Å². The van der Waals surface area contributed by atoms with E-state index in [-0.39, 0.29) is 24.4 Å². The van der Waals surface area contributed by atoms with Crippen molar-refractivity contribution < 1.29 is 22.3 Å². The van der Waals surface area contributed by atoms with E-state index in [1.165, 1.54) is 20.2 Å². The number of aliphatic hydroxyl groups excluding tert-OH is 1. The van der Waals surface area contributed by atoms with Gasteiger partial charge >= 0.3 is 0 Å². The van der Waals surface area contributed by atoms with Crippen molar-refractivity contribution in [3.05, 3.63) is 35.5 Å². The van der Waals surface area contributed by atoms with Crippen LogP contribution >= 0.6 is 0 Å². The molecule has 26 heavy (non-hydrogen) atoms. The molecule has 0 spiro atoms. The van der Waals surface area contributed by atoms with Gasteiger partial charge in [0.25, 0.3) is 0 Å². The van der Waals surface area contributed by atoms with Crippen LogP contribution in [0.1, 0.15) is 5.69 Å². The molecule has 9 heteroatoms. The number of benzene rings is 1. The van der Waals surface area contributed by atoms with Gasteiger partial charge in [0.2, 0.25) is 10.0 Å². The molecule has 1 aliphatic heterocycles. The molecule has 0 radical (unpaired) electrons. The number of hydrogen-bond donors (Lipinski definition) is 1. The molecule has 2 heterocycles. The highest BCUT2D eigenvalue weighted by Gasteiger charge is 2.36. The molecule has 0 amide bonds. The van der Waals surface area contributed by atoms with Gasteiger partial charge in [-0.2, -0.15) is 0 Å². The first-order valence-corrected chi connectivity index (χ1v) is 9.79. The van der Waals surface area contributed by atoms with Gasteiger partial charge in [0.05, 0.1) is 11.9 Å². The summed E-state index contributed by atoms with van der Waals surface area (Å²) in [5.74, 6) is -2.16. The average Bonchev–Trinajstić information content (AvgIpc) is 2.87. The monoisotopic (exact) mass is 385 g/mol. The summed E-state index contributed by atoms with van der Waals surface area (Å²) in [4.78, 5) is 5.90. The molecule has 142 valence electrons. The second-order valence-corrected chi connectivity index (χ2v) is 9.09. The Balaban J connectivity index is 1.98. The van der Waals surface area contributed by atoms with Gasteiger partial charge in [-0.1, -0.05) is 0 Å². The Morgan fingerprint density at radius 3 is 2.62 bits per heavy atom. The molecule has 0 bridgehead atoms. The summed E-state index contributed by atoms with van der Waals surface area (Å²) in [6, 6.07) is 3.68. The lowest BCUT2D eigenvalue weighted by Gasteiger charge is -2.21. The van der Waals surface area contributed by atoms with Crippen LogP contribution in [0.15, 0.2) is 18.2 Å². The Bertz CT molecular complexity index is 950. The van der Waals surface area contributed by atoms with Gasteiger partial charge in [0, 0.05) is 55.9 Å². The van der Waals surface area contributed by atoms with Gasteiger partial charge in [0.1, 0.15) is 11.3 Å². The minimum Gasteiger partial charge on any atom is -0.391 e. The van der Waals surface area contributed by atoms with Crippen LogP contribution in [0, 0.1) is 24.5 Å². The van der Waals surface area contributed by atoms with Gasteiger partial charge in [-0.05, 0) is 19.1 Å². The Hall–Kier alpha value is -1.84. The van der Waals surface area contributed by atoms with E-state index in [1.54, 1.807) is 17.9 Å². The molecule has 1 N–H and O–H groups in total. The van der Waals surface area contributed by atoms with Crippen molar-refractivity contribution in [2.45, 2.75) is 13.0 Å². The Labute approximate surface area is 151 Å². The summed E-state index contributed by atoms with van der Waals surface area (Å²) in [6.07, 6.45) is -0.855. The molecule has 0 aliphatic carbocycles. The molecule has 1 saturated heterocycles. The third kappa shape index (κ3) is 3.51. The maximum Gasteiger partial charge on any atom is 0.214 e. The van der Waals surface area contributed by atoms with Crippen LogP contribution in [0.25, 0.3) is 10.9 Å². The molecule has 2 aromatic rings. The maximum atomic E-state index is 14.1. The van der Waals surface area contributed by atoms with E-state index in [4.69, 9.17) is 0 Å². The number of sulfonamides is 1. The molecule has 1 aliphatic rings. The second kappa shape index (κ2) is 6.71. The molecule has 2 atom stereocenters. The number of halogens is 2. The molecule has 1 fully saturated rings. The molecular formula is C17H21F2N3O3S. The Morgan fingerprint density at radius 2 is 1.96 bits per heavy atom. The molecule has 0 unspecified atom stereocenters. The number of fused-ring (bicyclic) bond motifs is 1. The van der Waals surface area contributed by atoms with Crippen molar-refractivity contribution in [1.29, 1.82) is 0 Å². The number of pyridine rings is 1. The summed E-state index contributed by atoms with van der Waals surface area (Å²) < 4.78 is 53.2. The normalized spacial score (nSPS) is 21.1. The molecule has 1 aromatic heterocycles. The van der Waals surface area contributed by atoms with Crippen LogP contribution in [0.4, 0.5) is 14.5 Å². The quantitative estimate of drug-likeness (QED) is 0.864. The van der Waals surface area contributed by atoms with E-state index in [0.717, 1.165) is 10.4 Å². The summed E-state index contributed by atoms with van der Waals surface area (Å²) >= 11 is 0. The second-order valence-electron chi connectivity index (χ2n) is 6.86. The summed E-state index contributed by atoms with van der Waals surface area (Å²) in [7, 11) is -0.582. The molecule has 3 rings (SSSR count). The van der Waals surface area contributed by atoms with Crippen LogP contribution < -0.4 is 4.90 Å². The zero-order valence-electron chi connectivity index (χ0n) is 14.8. The van der Waals surface area contributed by atoms with Crippen molar-refractivity contribution in [3.63, 3.8) is 0 Å². The minimum absolute atomic E-state index is 0.0558. The smallest absolute Gasteiger partial charge is 0.214 e. The number of β-amino-alcohol motifs (C(OH)–C–C–N with tert-alkyl or cyclic N) is 1. The standard InChI is InChI=1S/C17H21F2N3O3S/c1-10-4-15(13-5-12(18)6-14(19)17(13)20-10)22-7-11(16(23)8-22)9-26(24,25)21(2)3/h4-6,11,16,23H,7-9H2,1-3H3/t11-,16+/m0/s1.